The molecule has 4 nitrogen and oxygen atoms in total. The van der Waals surface area contributed by atoms with Gasteiger partial charge in [-0.2, -0.15) is 0 Å². The highest BCUT2D eigenvalue weighted by Gasteiger charge is 2.09. The Morgan fingerprint density at radius 1 is 1.28 bits per heavy atom. The van der Waals surface area contributed by atoms with Gasteiger partial charge in [0.25, 0.3) is 0 Å². The molecule has 0 aliphatic carbocycles. The van der Waals surface area contributed by atoms with E-state index in [1.165, 1.54) is 0 Å². The van der Waals surface area contributed by atoms with Gasteiger partial charge in [0.15, 0.2) is 0 Å². The molecule has 5 heteroatoms. The zero-order chi connectivity index (χ0) is 13.1. The number of rotatable bonds is 4. The first-order valence-electron chi connectivity index (χ1n) is 6.05. The largest absolute Gasteiger partial charge is 0.373 e. The predicted octanol–water partition coefficient (Wildman–Crippen LogP) is 3.00. The molecule has 18 heavy (non-hydrogen) atoms. The molecule has 0 radical (unpaired) electrons. The van der Waals surface area contributed by atoms with Crippen molar-refractivity contribution >= 4 is 17.2 Å². The van der Waals surface area contributed by atoms with Gasteiger partial charge in [-0.3, -0.25) is 0 Å². The Balaban J connectivity index is 2.29. The van der Waals surface area contributed by atoms with Crippen LogP contribution >= 0.6 is 11.3 Å². The molecule has 96 valence electrons. The summed E-state index contributed by atoms with van der Waals surface area (Å²) in [5.74, 6) is 2.10. The first-order valence-corrected chi connectivity index (χ1v) is 6.93. The van der Waals surface area contributed by atoms with E-state index in [0.29, 0.717) is 12.3 Å². The van der Waals surface area contributed by atoms with Gasteiger partial charge >= 0.3 is 0 Å². The van der Waals surface area contributed by atoms with E-state index in [1.54, 1.807) is 11.3 Å². The van der Waals surface area contributed by atoms with Crippen molar-refractivity contribution in [3.63, 3.8) is 0 Å². The Morgan fingerprint density at radius 2 is 2.06 bits per heavy atom. The molecule has 0 saturated heterocycles. The van der Waals surface area contributed by atoms with Crippen molar-refractivity contribution in [2.45, 2.75) is 33.1 Å². The quantitative estimate of drug-likeness (QED) is 0.920. The van der Waals surface area contributed by atoms with Crippen molar-refractivity contribution in [3.8, 4) is 0 Å². The fraction of sp³-hybridized carbons (Fsp3) is 0.462. The molecule has 2 rings (SSSR count). The smallest absolute Gasteiger partial charge is 0.136 e. The number of nitrogens with one attached hydrogen (secondary N) is 1. The molecule has 0 atom stereocenters. The summed E-state index contributed by atoms with van der Waals surface area (Å²) in [7, 11) is 1.88. The van der Waals surface area contributed by atoms with Crippen molar-refractivity contribution < 1.29 is 0 Å². The van der Waals surface area contributed by atoms with Crippen molar-refractivity contribution in [1.29, 1.82) is 0 Å². The van der Waals surface area contributed by atoms with Gasteiger partial charge in [-0.05, 0) is 12.8 Å². The summed E-state index contributed by atoms with van der Waals surface area (Å²) in [6.07, 6.45) is 0.694. The van der Waals surface area contributed by atoms with Crippen molar-refractivity contribution in [2.24, 2.45) is 0 Å². The lowest BCUT2D eigenvalue weighted by atomic mass is 10.1. The van der Waals surface area contributed by atoms with E-state index >= 15 is 0 Å². The van der Waals surface area contributed by atoms with E-state index in [4.69, 9.17) is 0 Å². The molecule has 0 aliphatic rings. The minimum absolute atomic E-state index is 0.399. The Hall–Kier alpha value is -1.49. The van der Waals surface area contributed by atoms with Crippen LogP contribution in [-0.2, 0) is 6.42 Å². The van der Waals surface area contributed by atoms with Crippen LogP contribution in [0.1, 0.15) is 42.0 Å². The highest BCUT2D eigenvalue weighted by atomic mass is 32.1. The van der Waals surface area contributed by atoms with Crippen LogP contribution in [0.5, 0.6) is 0 Å². The van der Waals surface area contributed by atoms with Gasteiger partial charge in [0.1, 0.15) is 11.6 Å². The summed E-state index contributed by atoms with van der Waals surface area (Å²) < 4.78 is 0. The van der Waals surface area contributed by atoms with Gasteiger partial charge in [0.2, 0.25) is 0 Å². The second kappa shape index (κ2) is 5.44. The average Bonchev–Trinajstić information content (AvgIpc) is 2.74. The average molecular weight is 262 g/mol. The molecule has 0 unspecified atom stereocenters. The van der Waals surface area contributed by atoms with Crippen LogP contribution in [0.2, 0.25) is 0 Å². The number of hydrogen-bond acceptors (Lipinski definition) is 5. The molecular formula is C13H18N4S. The molecular weight excluding hydrogens is 244 g/mol. The maximum absolute atomic E-state index is 4.60. The highest BCUT2D eigenvalue weighted by Crippen LogP contribution is 2.17. The van der Waals surface area contributed by atoms with Gasteiger partial charge in [-0.25, -0.2) is 15.0 Å². The predicted molar refractivity (Wildman–Crippen MR) is 75.3 cm³/mol. The van der Waals surface area contributed by atoms with Crippen molar-refractivity contribution in [2.75, 3.05) is 12.4 Å². The van der Waals surface area contributed by atoms with Gasteiger partial charge in [0, 0.05) is 24.2 Å². The molecule has 0 amide bonds. The van der Waals surface area contributed by atoms with Crippen LogP contribution in [0.3, 0.4) is 0 Å². The Kier molecular flexibility index (Phi) is 3.91. The summed E-state index contributed by atoms with van der Waals surface area (Å²) in [5.41, 5.74) is 2.11. The maximum atomic E-state index is 4.60. The second-order valence-corrected chi connectivity index (χ2v) is 5.60. The molecule has 0 fully saturated rings. The number of anilines is 1. The standard InChI is InChI=1S/C13H18N4S/c1-8(2)11-6-12(14-4)17-13(16-11)5-10-7-18-9(3)15-10/h6-8H,5H2,1-4H3,(H,14,16,17). The normalized spacial score (nSPS) is 10.9. The van der Waals surface area contributed by atoms with Gasteiger partial charge in [-0.1, -0.05) is 13.8 Å². The molecule has 1 N–H and O–H groups in total. The molecule has 0 aromatic carbocycles. The van der Waals surface area contributed by atoms with E-state index in [1.807, 2.05) is 20.0 Å². The molecule has 0 bridgehead atoms. The zero-order valence-electron chi connectivity index (χ0n) is 11.2. The Labute approximate surface area is 112 Å². The summed E-state index contributed by atoms with van der Waals surface area (Å²) in [6, 6.07) is 2.00. The SMILES string of the molecule is CNc1cc(C(C)C)nc(Cc2csc(C)n2)n1. The van der Waals surface area contributed by atoms with Crippen LogP contribution in [0.15, 0.2) is 11.4 Å². The lowest BCUT2D eigenvalue weighted by Gasteiger charge is -2.09. The lowest BCUT2D eigenvalue weighted by molar-refractivity contribution is 0.790. The third-order valence-electron chi connectivity index (χ3n) is 2.65. The summed E-state index contributed by atoms with van der Waals surface area (Å²) in [4.78, 5) is 13.5. The third-order valence-corrected chi connectivity index (χ3v) is 3.47. The summed E-state index contributed by atoms with van der Waals surface area (Å²) in [6.45, 7) is 6.29. The molecule has 2 aromatic heterocycles. The first kappa shape index (κ1) is 13.0. The van der Waals surface area contributed by atoms with E-state index in [2.05, 4.69) is 39.5 Å². The highest BCUT2D eigenvalue weighted by molar-refractivity contribution is 7.09. The fourth-order valence-corrected chi connectivity index (χ4v) is 2.28. The lowest BCUT2D eigenvalue weighted by Crippen LogP contribution is -2.05. The molecule has 0 aliphatic heterocycles. The Morgan fingerprint density at radius 3 is 2.61 bits per heavy atom. The van der Waals surface area contributed by atoms with Crippen molar-refractivity contribution in [3.05, 3.63) is 33.7 Å². The minimum Gasteiger partial charge on any atom is -0.373 e. The van der Waals surface area contributed by atoms with Crippen LogP contribution in [0.4, 0.5) is 5.82 Å². The van der Waals surface area contributed by atoms with Gasteiger partial charge in [-0.15, -0.1) is 11.3 Å². The maximum Gasteiger partial charge on any atom is 0.136 e. The number of nitrogens with zero attached hydrogens (tertiary/aromatic N) is 3. The fourth-order valence-electron chi connectivity index (χ4n) is 1.67. The van der Waals surface area contributed by atoms with Crippen LogP contribution < -0.4 is 5.32 Å². The van der Waals surface area contributed by atoms with Gasteiger partial charge < -0.3 is 5.32 Å². The van der Waals surface area contributed by atoms with Crippen LogP contribution in [0.25, 0.3) is 0 Å². The summed E-state index contributed by atoms with van der Waals surface area (Å²) >= 11 is 1.66. The monoisotopic (exact) mass is 262 g/mol. The summed E-state index contributed by atoms with van der Waals surface area (Å²) in [5, 5.41) is 6.24. The zero-order valence-corrected chi connectivity index (χ0v) is 12.0. The van der Waals surface area contributed by atoms with Crippen molar-refractivity contribution in [1.82, 2.24) is 15.0 Å². The number of aromatic nitrogens is 3. The number of aryl methyl sites for hydroxylation is 1. The molecule has 2 aromatic rings. The van der Waals surface area contributed by atoms with Crippen LogP contribution in [0, 0.1) is 6.92 Å². The van der Waals surface area contributed by atoms with Gasteiger partial charge in [0.05, 0.1) is 17.1 Å². The number of thiazole rings is 1. The molecule has 0 spiro atoms. The first-order chi connectivity index (χ1) is 8.58. The topological polar surface area (TPSA) is 50.7 Å². The van der Waals surface area contributed by atoms with Crippen LogP contribution in [-0.4, -0.2) is 22.0 Å². The molecule has 2 heterocycles. The Bertz CT molecular complexity index is 534. The third kappa shape index (κ3) is 3.04. The number of hydrogen-bond donors (Lipinski definition) is 1. The van der Waals surface area contributed by atoms with E-state index < -0.39 is 0 Å². The van der Waals surface area contributed by atoms with E-state index in [-0.39, 0.29) is 0 Å². The molecule has 0 saturated carbocycles. The van der Waals surface area contributed by atoms with E-state index in [0.717, 1.165) is 28.0 Å². The second-order valence-electron chi connectivity index (χ2n) is 4.53. The van der Waals surface area contributed by atoms with E-state index in [9.17, 15) is 0 Å². The minimum atomic E-state index is 0.399.